The molecule has 0 aliphatic heterocycles. The maximum Gasteiger partial charge on any atom is 0.247 e. The summed E-state index contributed by atoms with van der Waals surface area (Å²) in [5, 5.41) is 10.4. The molecule has 0 saturated heterocycles. The van der Waals surface area contributed by atoms with E-state index in [-0.39, 0.29) is 11.8 Å². The first kappa shape index (κ1) is 23.4. The summed E-state index contributed by atoms with van der Waals surface area (Å²) in [5.74, 6) is 1.34. The molecule has 0 aliphatic rings. The zero-order valence-corrected chi connectivity index (χ0v) is 20.0. The third-order valence-corrected chi connectivity index (χ3v) is 6.01. The van der Waals surface area contributed by atoms with Crippen LogP contribution >= 0.6 is 0 Å². The summed E-state index contributed by atoms with van der Waals surface area (Å²) >= 11 is 0. The molecule has 34 heavy (non-hydrogen) atoms. The van der Waals surface area contributed by atoms with E-state index in [4.69, 9.17) is 4.52 Å². The van der Waals surface area contributed by atoms with Gasteiger partial charge in [0.2, 0.25) is 5.91 Å². The highest BCUT2D eigenvalue weighted by Gasteiger charge is 2.22. The van der Waals surface area contributed by atoms with Crippen LogP contribution in [0.5, 0.6) is 0 Å². The predicted octanol–water partition coefficient (Wildman–Crippen LogP) is 5.73. The number of nitrogens with zero attached hydrogens (tertiary/aromatic N) is 2. The highest BCUT2D eigenvalue weighted by Crippen LogP contribution is 2.27. The van der Waals surface area contributed by atoms with Crippen molar-refractivity contribution in [3.8, 4) is 11.1 Å². The molecule has 0 bridgehead atoms. The quantitative estimate of drug-likeness (QED) is 0.355. The van der Waals surface area contributed by atoms with E-state index in [2.05, 4.69) is 58.9 Å². The van der Waals surface area contributed by atoms with Crippen LogP contribution in [0.1, 0.15) is 47.0 Å². The van der Waals surface area contributed by atoms with Crippen LogP contribution in [0.25, 0.3) is 11.1 Å². The van der Waals surface area contributed by atoms with Crippen molar-refractivity contribution in [1.82, 2.24) is 15.5 Å². The van der Waals surface area contributed by atoms with Crippen molar-refractivity contribution in [1.29, 1.82) is 0 Å². The number of carbonyl (C=O) groups excluding carboxylic acids is 1. The molecule has 2 aromatic carbocycles. The van der Waals surface area contributed by atoms with E-state index < -0.39 is 6.04 Å². The van der Waals surface area contributed by atoms with Gasteiger partial charge in [-0.2, -0.15) is 0 Å². The fraction of sp³-hybridized carbons (Fsp3) is 0.250. The van der Waals surface area contributed by atoms with Gasteiger partial charge in [-0.15, -0.1) is 0 Å². The first-order valence-corrected chi connectivity index (χ1v) is 11.5. The standard InChI is InChI=1S/C28H30N4O2/c1-18-10-12-22(13-11-18)19(2)16-30-27(23-8-6-5-7-9-23)28(33)31-25-15-14-24(17-29-25)26-20(3)32-34-21(26)4/h5-15,17,19,27,30H,16H2,1-4H3,(H,29,31,33)/t19-,27+/m1/s1. The number of rotatable bonds is 8. The Balaban J connectivity index is 1.48. The molecule has 2 heterocycles. The largest absolute Gasteiger partial charge is 0.361 e. The number of nitrogens with one attached hydrogen (secondary N) is 2. The first-order valence-electron chi connectivity index (χ1n) is 11.5. The molecule has 6 heteroatoms. The molecule has 4 rings (SSSR count). The molecule has 0 fully saturated rings. The Morgan fingerprint density at radius 1 is 0.941 bits per heavy atom. The molecular weight excluding hydrogens is 424 g/mol. The average Bonchev–Trinajstić information content (AvgIpc) is 3.18. The lowest BCUT2D eigenvalue weighted by molar-refractivity contribution is -0.118. The molecule has 4 aromatic rings. The number of benzene rings is 2. The number of aryl methyl sites for hydroxylation is 3. The van der Waals surface area contributed by atoms with E-state index in [0.717, 1.165) is 28.1 Å². The SMILES string of the molecule is Cc1ccc([C@H](C)CN[C@H](C(=O)Nc2ccc(-c3c(C)noc3C)cn2)c2ccccc2)cc1. The van der Waals surface area contributed by atoms with Crippen LogP contribution < -0.4 is 10.6 Å². The number of hydrogen-bond donors (Lipinski definition) is 2. The lowest BCUT2D eigenvalue weighted by Gasteiger charge is -2.21. The molecule has 2 atom stereocenters. The van der Waals surface area contributed by atoms with Gasteiger partial charge < -0.3 is 15.2 Å². The molecule has 0 radical (unpaired) electrons. The molecule has 0 unspecified atom stereocenters. The third kappa shape index (κ3) is 5.41. The maximum absolute atomic E-state index is 13.3. The highest BCUT2D eigenvalue weighted by molar-refractivity contribution is 5.95. The summed E-state index contributed by atoms with van der Waals surface area (Å²) in [7, 11) is 0. The predicted molar refractivity (Wildman–Crippen MR) is 135 cm³/mol. The van der Waals surface area contributed by atoms with Crippen molar-refractivity contribution in [3.63, 3.8) is 0 Å². The zero-order valence-electron chi connectivity index (χ0n) is 20.0. The summed E-state index contributed by atoms with van der Waals surface area (Å²) in [6.07, 6.45) is 1.73. The van der Waals surface area contributed by atoms with E-state index in [1.807, 2.05) is 50.2 Å². The van der Waals surface area contributed by atoms with Gasteiger partial charge >= 0.3 is 0 Å². The Morgan fingerprint density at radius 2 is 1.68 bits per heavy atom. The topological polar surface area (TPSA) is 80.0 Å². The molecule has 174 valence electrons. The van der Waals surface area contributed by atoms with Crippen molar-refractivity contribution in [2.45, 2.75) is 39.7 Å². The minimum Gasteiger partial charge on any atom is -0.361 e. The van der Waals surface area contributed by atoms with Crippen LogP contribution in [-0.2, 0) is 4.79 Å². The lowest BCUT2D eigenvalue weighted by atomic mass is 9.98. The molecule has 0 aliphatic carbocycles. The Labute approximate surface area is 200 Å². The number of carbonyl (C=O) groups is 1. The number of amides is 1. The highest BCUT2D eigenvalue weighted by atomic mass is 16.5. The zero-order chi connectivity index (χ0) is 24.1. The van der Waals surface area contributed by atoms with Crippen LogP contribution in [-0.4, -0.2) is 22.6 Å². The third-order valence-electron chi connectivity index (χ3n) is 6.01. The Hall–Kier alpha value is -3.77. The van der Waals surface area contributed by atoms with Crippen molar-refractivity contribution in [2.24, 2.45) is 0 Å². The van der Waals surface area contributed by atoms with E-state index in [1.165, 1.54) is 11.1 Å². The molecule has 2 aromatic heterocycles. The molecule has 0 saturated carbocycles. The van der Waals surface area contributed by atoms with E-state index in [1.54, 1.807) is 12.3 Å². The fourth-order valence-corrected chi connectivity index (χ4v) is 4.02. The van der Waals surface area contributed by atoms with Gasteiger partial charge in [0.05, 0.1) is 5.69 Å². The lowest BCUT2D eigenvalue weighted by Crippen LogP contribution is -2.35. The van der Waals surface area contributed by atoms with Gasteiger partial charge in [-0.25, -0.2) is 4.98 Å². The van der Waals surface area contributed by atoms with E-state index >= 15 is 0 Å². The van der Waals surface area contributed by atoms with Gasteiger partial charge in [-0.05, 0) is 49.9 Å². The first-order chi connectivity index (χ1) is 16.4. The molecule has 0 spiro atoms. The molecule has 1 amide bonds. The van der Waals surface area contributed by atoms with E-state index in [0.29, 0.717) is 12.4 Å². The van der Waals surface area contributed by atoms with Crippen LogP contribution in [0, 0.1) is 20.8 Å². The van der Waals surface area contributed by atoms with E-state index in [9.17, 15) is 4.79 Å². The van der Waals surface area contributed by atoms with Crippen molar-refractivity contribution in [3.05, 3.63) is 101 Å². The minimum atomic E-state index is -0.502. The second-order valence-corrected chi connectivity index (χ2v) is 8.68. The van der Waals surface area contributed by atoms with Gasteiger partial charge in [0, 0.05) is 23.9 Å². The smallest absolute Gasteiger partial charge is 0.247 e. The summed E-state index contributed by atoms with van der Waals surface area (Å²) in [4.78, 5) is 17.7. The monoisotopic (exact) mass is 454 g/mol. The maximum atomic E-state index is 13.3. The molecular formula is C28H30N4O2. The Kier molecular flexibility index (Phi) is 7.18. The normalized spacial score (nSPS) is 12.8. The van der Waals surface area contributed by atoms with Crippen LogP contribution in [0.2, 0.25) is 0 Å². The van der Waals surface area contributed by atoms with Crippen LogP contribution in [0.15, 0.2) is 77.4 Å². The molecule has 6 nitrogen and oxygen atoms in total. The Bertz CT molecular complexity index is 1210. The van der Waals surface area contributed by atoms with Gasteiger partial charge in [-0.3, -0.25) is 4.79 Å². The molecule has 2 N–H and O–H groups in total. The van der Waals surface area contributed by atoms with Crippen molar-refractivity contribution < 1.29 is 9.32 Å². The summed E-state index contributed by atoms with van der Waals surface area (Å²) in [6.45, 7) is 8.67. The fourth-order valence-electron chi connectivity index (χ4n) is 4.02. The second-order valence-electron chi connectivity index (χ2n) is 8.68. The second kappa shape index (κ2) is 10.4. The van der Waals surface area contributed by atoms with Gasteiger partial charge in [0.1, 0.15) is 17.6 Å². The number of anilines is 1. The van der Waals surface area contributed by atoms with Crippen LogP contribution in [0.4, 0.5) is 5.82 Å². The van der Waals surface area contributed by atoms with Gasteiger partial charge in [0.25, 0.3) is 0 Å². The number of hydrogen-bond acceptors (Lipinski definition) is 5. The Morgan fingerprint density at radius 3 is 2.29 bits per heavy atom. The average molecular weight is 455 g/mol. The number of pyridine rings is 1. The van der Waals surface area contributed by atoms with Crippen molar-refractivity contribution in [2.75, 3.05) is 11.9 Å². The number of aromatic nitrogens is 2. The van der Waals surface area contributed by atoms with Crippen LogP contribution in [0.3, 0.4) is 0 Å². The summed E-state index contributed by atoms with van der Waals surface area (Å²) < 4.78 is 5.25. The minimum absolute atomic E-state index is 0.153. The van der Waals surface area contributed by atoms with Crippen molar-refractivity contribution >= 4 is 11.7 Å². The van der Waals surface area contributed by atoms with Gasteiger partial charge in [-0.1, -0.05) is 72.2 Å². The van der Waals surface area contributed by atoms with Gasteiger partial charge in [0.15, 0.2) is 0 Å². The summed E-state index contributed by atoms with van der Waals surface area (Å²) in [6, 6.07) is 21.5. The summed E-state index contributed by atoms with van der Waals surface area (Å²) in [5.41, 5.74) is 6.02.